The summed E-state index contributed by atoms with van der Waals surface area (Å²) in [6.07, 6.45) is 1.71. The van der Waals surface area contributed by atoms with Gasteiger partial charge in [0.15, 0.2) is 5.96 Å². The predicted molar refractivity (Wildman–Crippen MR) is 111 cm³/mol. The Bertz CT molecular complexity index is 709. The number of amides is 1. The quantitative estimate of drug-likeness (QED) is 0.600. The van der Waals surface area contributed by atoms with Gasteiger partial charge in [0.2, 0.25) is 5.91 Å². The third kappa shape index (κ3) is 4.31. The van der Waals surface area contributed by atoms with Gasteiger partial charge in [0.25, 0.3) is 0 Å². The fourth-order valence-electron chi connectivity index (χ4n) is 4.41. The normalized spacial score (nSPS) is 23.4. The van der Waals surface area contributed by atoms with Gasteiger partial charge in [0.05, 0.1) is 13.0 Å². The Morgan fingerprint density at radius 2 is 2.07 bits per heavy atom. The maximum absolute atomic E-state index is 12.3. The van der Waals surface area contributed by atoms with Crippen molar-refractivity contribution in [2.24, 2.45) is 10.9 Å². The number of aliphatic imine (C=N–C) groups is 1. The Labute approximate surface area is 167 Å². The van der Waals surface area contributed by atoms with E-state index in [0.717, 1.165) is 63.1 Å². The highest BCUT2D eigenvalue weighted by Gasteiger charge is 2.27. The van der Waals surface area contributed by atoms with Crippen LogP contribution in [0.4, 0.5) is 5.69 Å². The molecule has 0 saturated carbocycles. The zero-order chi connectivity index (χ0) is 19.3. The van der Waals surface area contributed by atoms with E-state index in [2.05, 4.69) is 20.1 Å². The molecular formula is C21H31N5O2. The monoisotopic (exact) mass is 385 g/mol. The molecule has 4 rings (SSSR count). The molecule has 3 aliphatic heterocycles. The number of nitrogens with zero attached hydrogens (tertiary/aromatic N) is 4. The van der Waals surface area contributed by atoms with Gasteiger partial charge < -0.3 is 19.9 Å². The highest BCUT2D eigenvalue weighted by molar-refractivity contribution is 6.01. The molecule has 1 N–H and O–H groups in total. The Kier molecular flexibility index (Phi) is 6.12. The van der Waals surface area contributed by atoms with E-state index in [1.807, 2.05) is 36.2 Å². The largest absolute Gasteiger partial charge is 0.381 e. The SMILES string of the molecule is CN=C(NCCN1C(=O)Cc2ccccc21)N1CCN(CC2CCOC2)CC1. The average molecular weight is 386 g/mol. The Balaban J connectivity index is 1.23. The van der Waals surface area contributed by atoms with Gasteiger partial charge in [-0.1, -0.05) is 18.2 Å². The molecule has 0 radical (unpaired) electrons. The van der Waals surface area contributed by atoms with E-state index in [-0.39, 0.29) is 5.91 Å². The Morgan fingerprint density at radius 1 is 1.25 bits per heavy atom. The molecule has 1 aromatic carbocycles. The smallest absolute Gasteiger partial charge is 0.231 e. The molecule has 0 bridgehead atoms. The zero-order valence-electron chi connectivity index (χ0n) is 16.8. The minimum atomic E-state index is 0.183. The van der Waals surface area contributed by atoms with Crippen LogP contribution in [0.25, 0.3) is 0 Å². The Hall–Kier alpha value is -2.12. The van der Waals surface area contributed by atoms with Gasteiger partial charge in [0.1, 0.15) is 0 Å². The van der Waals surface area contributed by atoms with Gasteiger partial charge in [-0.3, -0.25) is 14.7 Å². The van der Waals surface area contributed by atoms with Crippen LogP contribution in [0.5, 0.6) is 0 Å². The third-order valence-corrected chi connectivity index (χ3v) is 5.97. The first kappa shape index (κ1) is 19.2. The van der Waals surface area contributed by atoms with Gasteiger partial charge in [0, 0.05) is 65.2 Å². The molecule has 0 spiro atoms. The van der Waals surface area contributed by atoms with Gasteiger partial charge in [-0.15, -0.1) is 0 Å². The number of benzene rings is 1. The number of rotatable bonds is 5. The molecule has 0 aliphatic carbocycles. The first-order valence-electron chi connectivity index (χ1n) is 10.4. The molecule has 2 fully saturated rings. The molecule has 0 aromatic heterocycles. The van der Waals surface area contributed by atoms with Crippen LogP contribution in [-0.2, 0) is 16.0 Å². The molecule has 1 aromatic rings. The third-order valence-electron chi connectivity index (χ3n) is 5.97. The second-order valence-electron chi connectivity index (χ2n) is 7.84. The van der Waals surface area contributed by atoms with Crippen LogP contribution in [0.2, 0.25) is 0 Å². The number of anilines is 1. The lowest BCUT2D eigenvalue weighted by molar-refractivity contribution is -0.117. The number of hydrogen-bond donors (Lipinski definition) is 1. The molecule has 7 heteroatoms. The minimum Gasteiger partial charge on any atom is -0.381 e. The van der Waals surface area contributed by atoms with Crippen LogP contribution in [0.1, 0.15) is 12.0 Å². The van der Waals surface area contributed by atoms with E-state index in [1.54, 1.807) is 0 Å². The van der Waals surface area contributed by atoms with Crippen molar-refractivity contribution in [3.63, 3.8) is 0 Å². The molecule has 1 amide bonds. The van der Waals surface area contributed by atoms with Gasteiger partial charge in [-0.05, 0) is 24.0 Å². The van der Waals surface area contributed by atoms with Crippen molar-refractivity contribution in [1.82, 2.24) is 15.1 Å². The van der Waals surface area contributed by atoms with Crippen molar-refractivity contribution in [3.05, 3.63) is 29.8 Å². The van der Waals surface area contributed by atoms with Crippen molar-refractivity contribution >= 4 is 17.6 Å². The number of guanidine groups is 1. The van der Waals surface area contributed by atoms with Crippen molar-refractivity contribution in [2.75, 3.05) is 71.0 Å². The number of fused-ring (bicyclic) bond motifs is 1. The van der Waals surface area contributed by atoms with Crippen LogP contribution in [0.3, 0.4) is 0 Å². The molecule has 2 saturated heterocycles. The van der Waals surface area contributed by atoms with Gasteiger partial charge in [-0.25, -0.2) is 0 Å². The van der Waals surface area contributed by atoms with E-state index >= 15 is 0 Å². The summed E-state index contributed by atoms with van der Waals surface area (Å²) in [5, 5.41) is 3.45. The fourth-order valence-corrected chi connectivity index (χ4v) is 4.41. The molecule has 1 atom stereocenters. The second kappa shape index (κ2) is 8.92. The maximum Gasteiger partial charge on any atom is 0.231 e. The molecule has 3 aliphatic rings. The summed E-state index contributed by atoms with van der Waals surface area (Å²) in [5.74, 6) is 1.82. The number of ether oxygens (including phenoxy) is 1. The topological polar surface area (TPSA) is 60.4 Å². The second-order valence-corrected chi connectivity index (χ2v) is 7.84. The first-order chi connectivity index (χ1) is 13.7. The highest BCUT2D eigenvalue weighted by atomic mass is 16.5. The number of carbonyl (C=O) groups excluding carboxylic acids is 1. The number of nitrogens with one attached hydrogen (secondary N) is 1. The lowest BCUT2D eigenvalue weighted by atomic mass is 10.1. The van der Waals surface area contributed by atoms with Crippen LogP contribution >= 0.6 is 0 Å². The summed E-state index contributed by atoms with van der Waals surface area (Å²) in [4.78, 5) is 23.5. The van der Waals surface area contributed by atoms with Crippen molar-refractivity contribution < 1.29 is 9.53 Å². The van der Waals surface area contributed by atoms with Crippen molar-refractivity contribution in [3.8, 4) is 0 Å². The minimum absolute atomic E-state index is 0.183. The summed E-state index contributed by atoms with van der Waals surface area (Å²) >= 11 is 0. The maximum atomic E-state index is 12.3. The van der Waals surface area contributed by atoms with Crippen molar-refractivity contribution in [2.45, 2.75) is 12.8 Å². The van der Waals surface area contributed by atoms with E-state index in [4.69, 9.17) is 4.74 Å². The summed E-state index contributed by atoms with van der Waals surface area (Å²) in [7, 11) is 1.83. The lowest BCUT2D eigenvalue weighted by Gasteiger charge is -2.37. The summed E-state index contributed by atoms with van der Waals surface area (Å²) in [6.45, 7) is 8.45. The summed E-state index contributed by atoms with van der Waals surface area (Å²) in [6, 6.07) is 8.06. The molecule has 3 heterocycles. The summed E-state index contributed by atoms with van der Waals surface area (Å²) < 4.78 is 5.50. The molecule has 152 valence electrons. The van der Waals surface area contributed by atoms with Crippen LogP contribution in [0.15, 0.2) is 29.3 Å². The van der Waals surface area contributed by atoms with Crippen molar-refractivity contribution in [1.29, 1.82) is 0 Å². The molecular weight excluding hydrogens is 354 g/mol. The molecule has 28 heavy (non-hydrogen) atoms. The van der Waals surface area contributed by atoms with E-state index in [9.17, 15) is 4.79 Å². The molecule has 7 nitrogen and oxygen atoms in total. The van der Waals surface area contributed by atoms with E-state index < -0.39 is 0 Å². The van der Waals surface area contributed by atoms with E-state index in [0.29, 0.717) is 25.4 Å². The number of hydrogen-bond acceptors (Lipinski definition) is 4. The summed E-state index contributed by atoms with van der Waals surface area (Å²) in [5.41, 5.74) is 2.18. The first-order valence-corrected chi connectivity index (χ1v) is 10.4. The standard InChI is InChI=1S/C21H31N5O2/c1-22-21(25-11-9-24(10-12-25)15-17-6-13-28-16-17)23-7-8-26-19-5-3-2-4-18(19)14-20(26)27/h2-5,17H,6-16H2,1H3,(H,22,23). The van der Waals surface area contributed by atoms with E-state index in [1.165, 1.54) is 6.42 Å². The predicted octanol–water partition coefficient (Wildman–Crippen LogP) is 0.805. The fraction of sp³-hybridized carbons (Fsp3) is 0.619. The average Bonchev–Trinajstić information content (AvgIpc) is 3.33. The van der Waals surface area contributed by atoms with Gasteiger partial charge in [-0.2, -0.15) is 0 Å². The lowest BCUT2D eigenvalue weighted by Crippen LogP contribution is -2.54. The van der Waals surface area contributed by atoms with Crippen LogP contribution in [-0.4, -0.2) is 87.7 Å². The Morgan fingerprint density at radius 3 is 2.82 bits per heavy atom. The van der Waals surface area contributed by atoms with Crippen LogP contribution in [0, 0.1) is 5.92 Å². The molecule has 1 unspecified atom stereocenters. The number of carbonyl (C=O) groups is 1. The number of para-hydroxylation sites is 1. The van der Waals surface area contributed by atoms with Gasteiger partial charge >= 0.3 is 0 Å². The number of piperazine rings is 1. The highest BCUT2D eigenvalue weighted by Crippen LogP contribution is 2.27. The van der Waals surface area contributed by atoms with Crippen LogP contribution < -0.4 is 10.2 Å². The zero-order valence-corrected chi connectivity index (χ0v) is 16.8.